The first-order valence-electron chi connectivity index (χ1n) is 6.14. The van der Waals surface area contributed by atoms with E-state index in [-0.39, 0.29) is 12.8 Å². The number of hydrogen-bond donors (Lipinski definition) is 4. The van der Waals surface area contributed by atoms with Gasteiger partial charge in [-0.1, -0.05) is 29.3 Å². The molecule has 2 unspecified atom stereocenters. The molecule has 6 N–H and O–H groups in total. The number of carboxylic acid groups (broad SMARTS) is 2. The number of carboxylic acids is 2. The lowest BCUT2D eigenvalue weighted by molar-refractivity contribution is -0.139. The van der Waals surface area contributed by atoms with Gasteiger partial charge in [-0.3, -0.25) is 9.59 Å². The van der Waals surface area contributed by atoms with Gasteiger partial charge < -0.3 is 21.7 Å². The Morgan fingerprint density at radius 2 is 1.48 bits per heavy atom. The van der Waals surface area contributed by atoms with Crippen LogP contribution < -0.4 is 11.5 Å². The Kier molecular flexibility index (Phi) is 6.42. The predicted octanol–water partition coefficient (Wildman–Crippen LogP) is 1.68. The number of hydrogen-bond acceptors (Lipinski definition) is 4. The van der Waals surface area contributed by atoms with Gasteiger partial charge in [0.1, 0.15) is 12.1 Å². The third-order valence-electron chi connectivity index (χ3n) is 3.13. The van der Waals surface area contributed by atoms with Crippen molar-refractivity contribution in [3.05, 3.63) is 33.8 Å². The van der Waals surface area contributed by atoms with E-state index >= 15 is 0 Å². The molecule has 1 aromatic rings. The van der Waals surface area contributed by atoms with Crippen molar-refractivity contribution < 1.29 is 19.8 Å². The molecule has 0 aromatic heterocycles. The van der Waals surface area contributed by atoms with Crippen molar-refractivity contribution in [1.82, 2.24) is 0 Å². The maximum absolute atomic E-state index is 10.9. The highest BCUT2D eigenvalue weighted by Crippen LogP contribution is 2.31. The number of aliphatic carboxylic acids is 2. The molecule has 0 heterocycles. The minimum absolute atomic E-state index is 0.0499. The Balaban J connectivity index is 3.02. The summed E-state index contributed by atoms with van der Waals surface area (Å²) in [4.78, 5) is 21.8. The lowest BCUT2D eigenvalue weighted by atomic mass is 9.87. The molecule has 0 saturated heterocycles. The van der Waals surface area contributed by atoms with Crippen molar-refractivity contribution in [2.75, 3.05) is 0 Å². The van der Waals surface area contributed by atoms with Gasteiger partial charge in [0.15, 0.2) is 0 Å². The Labute approximate surface area is 131 Å². The van der Waals surface area contributed by atoms with Crippen LogP contribution in [0.3, 0.4) is 0 Å². The summed E-state index contributed by atoms with van der Waals surface area (Å²) in [6.45, 7) is 0. The van der Waals surface area contributed by atoms with E-state index in [0.717, 1.165) is 0 Å². The standard InChI is InChI=1S/C13H16Cl2N2O4/c14-8-2-1-6(3-9(8)15)7(4-10(16)12(18)19)5-11(17)13(20)21/h1-3,7,10-11H,4-5,16-17H2,(H,18,19)(H,20,21). The summed E-state index contributed by atoms with van der Waals surface area (Å²) in [6, 6.07) is 2.54. The summed E-state index contributed by atoms with van der Waals surface area (Å²) in [6.07, 6.45) is 0.0998. The summed E-state index contributed by atoms with van der Waals surface area (Å²) in [5.41, 5.74) is 11.7. The first-order chi connectivity index (χ1) is 9.72. The molecule has 0 radical (unpaired) electrons. The lowest BCUT2D eigenvalue weighted by Crippen LogP contribution is -2.36. The first-order valence-corrected chi connectivity index (χ1v) is 6.89. The molecule has 0 saturated carbocycles. The van der Waals surface area contributed by atoms with E-state index in [1.165, 1.54) is 0 Å². The summed E-state index contributed by atoms with van der Waals surface area (Å²) < 4.78 is 0. The fourth-order valence-electron chi connectivity index (χ4n) is 1.95. The van der Waals surface area contributed by atoms with Gasteiger partial charge in [0.25, 0.3) is 0 Å². The van der Waals surface area contributed by atoms with Crippen molar-refractivity contribution in [1.29, 1.82) is 0 Å². The first kappa shape index (κ1) is 17.7. The van der Waals surface area contributed by atoms with E-state index in [1.807, 2.05) is 0 Å². The molecule has 21 heavy (non-hydrogen) atoms. The van der Waals surface area contributed by atoms with E-state index in [4.69, 9.17) is 44.9 Å². The minimum Gasteiger partial charge on any atom is -0.480 e. The molecular formula is C13H16Cl2N2O4. The maximum Gasteiger partial charge on any atom is 0.320 e. The molecule has 6 nitrogen and oxygen atoms in total. The number of rotatable bonds is 7. The van der Waals surface area contributed by atoms with Crippen molar-refractivity contribution in [3.8, 4) is 0 Å². The van der Waals surface area contributed by atoms with E-state index in [0.29, 0.717) is 15.6 Å². The molecule has 116 valence electrons. The molecule has 8 heteroatoms. The van der Waals surface area contributed by atoms with E-state index in [1.54, 1.807) is 18.2 Å². The Morgan fingerprint density at radius 3 is 1.86 bits per heavy atom. The molecule has 1 rings (SSSR count). The van der Waals surface area contributed by atoms with E-state index < -0.39 is 29.9 Å². The van der Waals surface area contributed by atoms with Gasteiger partial charge in [0.05, 0.1) is 10.0 Å². The summed E-state index contributed by atoms with van der Waals surface area (Å²) >= 11 is 11.8. The van der Waals surface area contributed by atoms with Crippen molar-refractivity contribution in [2.24, 2.45) is 11.5 Å². The average molecular weight is 335 g/mol. The van der Waals surface area contributed by atoms with Crippen molar-refractivity contribution >= 4 is 35.1 Å². The Morgan fingerprint density at radius 1 is 1.00 bits per heavy atom. The summed E-state index contributed by atoms with van der Waals surface area (Å²) in [5, 5.41) is 18.4. The van der Waals surface area contributed by atoms with Crippen LogP contribution in [0.25, 0.3) is 0 Å². The number of nitrogens with two attached hydrogens (primary N) is 2. The lowest BCUT2D eigenvalue weighted by Gasteiger charge is -2.21. The van der Waals surface area contributed by atoms with E-state index in [9.17, 15) is 9.59 Å². The van der Waals surface area contributed by atoms with Crippen LogP contribution in [0.2, 0.25) is 10.0 Å². The zero-order chi connectivity index (χ0) is 16.2. The fourth-order valence-corrected chi connectivity index (χ4v) is 2.26. The molecule has 1 aromatic carbocycles. The highest BCUT2D eigenvalue weighted by atomic mass is 35.5. The third kappa shape index (κ3) is 5.17. The quantitative estimate of drug-likeness (QED) is 0.600. The zero-order valence-electron chi connectivity index (χ0n) is 11.0. The molecule has 0 bridgehead atoms. The predicted molar refractivity (Wildman–Crippen MR) is 79.7 cm³/mol. The number of benzene rings is 1. The largest absolute Gasteiger partial charge is 0.480 e. The molecule has 0 amide bonds. The van der Waals surface area contributed by atoms with E-state index in [2.05, 4.69) is 0 Å². The molecule has 0 aliphatic carbocycles. The second-order valence-electron chi connectivity index (χ2n) is 4.73. The van der Waals surface area contributed by atoms with Crippen LogP contribution in [0.5, 0.6) is 0 Å². The molecule has 0 fully saturated rings. The second kappa shape index (κ2) is 7.61. The normalized spacial score (nSPS) is 15.2. The fraction of sp³-hybridized carbons (Fsp3) is 0.385. The molecule has 2 atom stereocenters. The van der Waals surface area contributed by atoms with Crippen LogP contribution in [0, 0.1) is 0 Å². The van der Waals surface area contributed by atoms with Crippen LogP contribution >= 0.6 is 23.2 Å². The van der Waals surface area contributed by atoms with Gasteiger partial charge in [-0.05, 0) is 36.5 Å². The smallest absolute Gasteiger partial charge is 0.320 e. The SMILES string of the molecule is NC(CC(CC(N)C(=O)O)c1ccc(Cl)c(Cl)c1)C(=O)O. The monoisotopic (exact) mass is 334 g/mol. The van der Waals surface area contributed by atoms with Gasteiger partial charge >= 0.3 is 11.9 Å². The average Bonchev–Trinajstić information content (AvgIpc) is 2.40. The van der Waals surface area contributed by atoms with Gasteiger partial charge in [0, 0.05) is 0 Å². The Hall–Kier alpha value is -1.34. The van der Waals surface area contributed by atoms with Crippen LogP contribution in [0.15, 0.2) is 18.2 Å². The van der Waals surface area contributed by atoms with Crippen molar-refractivity contribution in [3.63, 3.8) is 0 Å². The second-order valence-corrected chi connectivity index (χ2v) is 5.55. The zero-order valence-corrected chi connectivity index (χ0v) is 12.5. The maximum atomic E-state index is 10.9. The van der Waals surface area contributed by atoms with Gasteiger partial charge in [0.2, 0.25) is 0 Å². The van der Waals surface area contributed by atoms with Crippen LogP contribution in [-0.2, 0) is 9.59 Å². The number of carbonyl (C=O) groups is 2. The highest BCUT2D eigenvalue weighted by Gasteiger charge is 2.25. The molecule has 0 spiro atoms. The molecule has 0 aliphatic heterocycles. The Bertz CT molecular complexity index is 517. The van der Waals surface area contributed by atoms with Gasteiger partial charge in [-0.15, -0.1) is 0 Å². The third-order valence-corrected chi connectivity index (χ3v) is 3.87. The van der Waals surface area contributed by atoms with Crippen LogP contribution in [0.4, 0.5) is 0 Å². The van der Waals surface area contributed by atoms with Gasteiger partial charge in [-0.25, -0.2) is 0 Å². The molecule has 0 aliphatic rings. The summed E-state index contributed by atoms with van der Waals surface area (Å²) in [7, 11) is 0. The number of halogens is 2. The highest BCUT2D eigenvalue weighted by molar-refractivity contribution is 6.42. The summed E-state index contributed by atoms with van der Waals surface area (Å²) in [5.74, 6) is -2.77. The van der Waals surface area contributed by atoms with Crippen molar-refractivity contribution in [2.45, 2.75) is 30.8 Å². The van der Waals surface area contributed by atoms with Crippen LogP contribution in [-0.4, -0.2) is 34.2 Å². The minimum atomic E-state index is -1.16. The van der Waals surface area contributed by atoms with Crippen LogP contribution in [0.1, 0.15) is 24.3 Å². The van der Waals surface area contributed by atoms with Gasteiger partial charge in [-0.2, -0.15) is 0 Å². The topological polar surface area (TPSA) is 127 Å². The molecular weight excluding hydrogens is 319 g/mol.